The second kappa shape index (κ2) is 3.59. The summed E-state index contributed by atoms with van der Waals surface area (Å²) in [5.74, 6) is 2.51. The first-order valence-electron chi connectivity index (χ1n) is 5.98. The molecular formula is C11H17N3O. The van der Waals surface area contributed by atoms with Crippen molar-refractivity contribution in [1.29, 1.82) is 0 Å². The van der Waals surface area contributed by atoms with E-state index in [1.807, 2.05) is 0 Å². The van der Waals surface area contributed by atoms with Crippen LogP contribution in [0.2, 0.25) is 0 Å². The largest absolute Gasteiger partial charge is 0.372 e. The second-order valence-corrected chi connectivity index (χ2v) is 4.69. The van der Waals surface area contributed by atoms with Crippen molar-refractivity contribution in [3.8, 4) is 0 Å². The number of hydrogen-bond donors (Lipinski definition) is 1. The molecule has 1 aliphatic carbocycles. The summed E-state index contributed by atoms with van der Waals surface area (Å²) in [6.07, 6.45) is 7.44. The molecule has 1 aromatic rings. The third-order valence-corrected chi connectivity index (χ3v) is 3.58. The molecule has 3 rings (SSSR count). The van der Waals surface area contributed by atoms with Crippen LogP contribution in [0.15, 0.2) is 0 Å². The van der Waals surface area contributed by atoms with Crippen LogP contribution in [0.5, 0.6) is 0 Å². The number of fused-ring (bicyclic) bond motifs is 1. The summed E-state index contributed by atoms with van der Waals surface area (Å²) >= 11 is 0. The molecule has 0 spiro atoms. The van der Waals surface area contributed by atoms with Crippen LogP contribution in [0.25, 0.3) is 0 Å². The normalized spacial score (nSPS) is 26.9. The lowest BCUT2D eigenvalue weighted by Crippen LogP contribution is -2.18. The third-order valence-electron chi connectivity index (χ3n) is 3.58. The van der Waals surface area contributed by atoms with Gasteiger partial charge in [0.15, 0.2) is 5.82 Å². The fraction of sp³-hybridized carbons (Fsp3) is 0.818. The van der Waals surface area contributed by atoms with Crippen LogP contribution in [0.4, 0.5) is 0 Å². The summed E-state index contributed by atoms with van der Waals surface area (Å²) in [7, 11) is 0. The maximum atomic E-state index is 9.78. The van der Waals surface area contributed by atoms with Crippen molar-refractivity contribution in [3.05, 3.63) is 11.6 Å². The number of rotatable bonds is 1. The number of aliphatic hydroxyl groups excluding tert-OH is 1. The Bertz CT molecular complexity index is 355. The van der Waals surface area contributed by atoms with Gasteiger partial charge < -0.3 is 5.11 Å². The van der Waals surface area contributed by atoms with E-state index in [4.69, 9.17) is 0 Å². The molecule has 4 heteroatoms. The highest BCUT2D eigenvalue weighted by molar-refractivity contribution is 5.03. The number of aromatic nitrogens is 3. The van der Waals surface area contributed by atoms with Gasteiger partial charge in [-0.25, -0.2) is 9.67 Å². The maximum Gasteiger partial charge on any atom is 0.154 e. The molecule has 2 aliphatic rings. The Morgan fingerprint density at radius 2 is 1.93 bits per heavy atom. The number of aryl methyl sites for hydroxylation is 1. The van der Waals surface area contributed by atoms with Crippen molar-refractivity contribution >= 4 is 0 Å². The first-order valence-corrected chi connectivity index (χ1v) is 5.98. The van der Waals surface area contributed by atoms with Crippen molar-refractivity contribution in [2.45, 2.75) is 57.1 Å². The molecule has 0 bridgehead atoms. The molecule has 1 aromatic heterocycles. The third kappa shape index (κ3) is 1.57. The van der Waals surface area contributed by atoms with E-state index in [2.05, 4.69) is 10.1 Å². The van der Waals surface area contributed by atoms with Crippen molar-refractivity contribution in [3.63, 3.8) is 0 Å². The topological polar surface area (TPSA) is 50.9 Å². The second-order valence-electron chi connectivity index (χ2n) is 4.69. The maximum absolute atomic E-state index is 9.78. The van der Waals surface area contributed by atoms with Crippen LogP contribution < -0.4 is 0 Å². The first kappa shape index (κ1) is 9.33. The summed E-state index contributed by atoms with van der Waals surface area (Å²) in [6.45, 7) is 0. The molecule has 4 nitrogen and oxygen atoms in total. The van der Waals surface area contributed by atoms with Gasteiger partial charge in [-0.05, 0) is 25.7 Å². The van der Waals surface area contributed by atoms with Crippen molar-refractivity contribution < 1.29 is 5.11 Å². The zero-order chi connectivity index (χ0) is 10.3. The van der Waals surface area contributed by atoms with Crippen LogP contribution in [-0.2, 0) is 6.42 Å². The van der Waals surface area contributed by atoms with Crippen molar-refractivity contribution in [2.24, 2.45) is 0 Å². The Morgan fingerprint density at radius 1 is 1.13 bits per heavy atom. The van der Waals surface area contributed by atoms with E-state index in [1.165, 1.54) is 25.7 Å². The average Bonchev–Trinajstić information content (AvgIpc) is 2.86. The van der Waals surface area contributed by atoms with Gasteiger partial charge in [-0.3, -0.25) is 0 Å². The lowest BCUT2D eigenvalue weighted by Gasteiger charge is -2.17. The molecule has 1 fully saturated rings. The number of hydrogen-bond acceptors (Lipinski definition) is 3. The minimum Gasteiger partial charge on any atom is -0.372 e. The van der Waals surface area contributed by atoms with Gasteiger partial charge >= 0.3 is 0 Å². The Hall–Kier alpha value is -0.900. The van der Waals surface area contributed by atoms with Crippen LogP contribution in [0.3, 0.4) is 0 Å². The van der Waals surface area contributed by atoms with Gasteiger partial charge in [0.25, 0.3) is 0 Å². The van der Waals surface area contributed by atoms with Gasteiger partial charge in [0, 0.05) is 12.3 Å². The molecule has 0 amide bonds. The van der Waals surface area contributed by atoms with Crippen LogP contribution in [0, 0.1) is 0 Å². The van der Waals surface area contributed by atoms with Crippen LogP contribution in [0.1, 0.15) is 62.3 Å². The van der Waals surface area contributed by atoms with Crippen LogP contribution >= 0.6 is 0 Å². The monoisotopic (exact) mass is 207 g/mol. The van der Waals surface area contributed by atoms with Crippen molar-refractivity contribution in [2.75, 3.05) is 0 Å². The molecule has 2 heterocycles. The molecule has 15 heavy (non-hydrogen) atoms. The van der Waals surface area contributed by atoms with Gasteiger partial charge in [0.05, 0.1) is 0 Å². The zero-order valence-electron chi connectivity index (χ0n) is 8.89. The minimum absolute atomic E-state index is 0.434. The SMILES string of the molecule is OC1CCCc2nc(C3CCCC3)nn21. The highest BCUT2D eigenvalue weighted by Gasteiger charge is 2.26. The number of aliphatic hydroxyl groups is 1. The summed E-state index contributed by atoms with van der Waals surface area (Å²) < 4.78 is 1.73. The van der Waals surface area contributed by atoms with E-state index in [-0.39, 0.29) is 0 Å². The van der Waals surface area contributed by atoms with E-state index < -0.39 is 6.23 Å². The van der Waals surface area contributed by atoms with E-state index in [0.717, 1.165) is 30.9 Å². The smallest absolute Gasteiger partial charge is 0.154 e. The standard InChI is InChI=1S/C11H17N3O/c15-10-7-3-6-9-12-11(13-14(9)10)8-4-1-2-5-8/h8,10,15H,1-7H2. The number of nitrogens with zero attached hydrogens (tertiary/aromatic N) is 3. The van der Waals surface area contributed by atoms with E-state index in [9.17, 15) is 5.11 Å². The molecule has 1 saturated carbocycles. The summed E-state index contributed by atoms with van der Waals surface area (Å²) in [4.78, 5) is 4.58. The van der Waals surface area contributed by atoms with Gasteiger partial charge in [-0.1, -0.05) is 12.8 Å². The average molecular weight is 207 g/mol. The van der Waals surface area contributed by atoms with E-state index in [0.29, 0.717) is 5.92 Å². The Morgan fingerprint density at radius 3 is 2.67 bits per heavy atom. The Balaban J connectivity index is 1.90. The quantitative estimate of drug-likeness (QED) is 0.763. The van der Waals surface area contributed by atoms with Crippen LogP contribution in [-0.4, -0.2) is 19.9 Å². The minimum atomic E-state index is -0.434. The zero-order valence-corrected chi connectivity index (χ0v) is 8.89. The summed E-state index contributed by atoms with van der Waals surface area (Å²) in [5, 5.41) is 14.2. The predicted octanol–water partition coefficient (Wildman–Crippen LogP) is 1.76. The molecule has 0 saturated heterocycles. The summed E-state index contributed by atoms with van der Waals surface area (Å²) in [6, 6.07) is 0. The Kier molecular flexibility index (Phi) is 2.24. The molecule has 82 valence electrons. The van der Waals surface area contributed by atoms with E-state index >= 15 is 0 Å². The molecular weight excluding hydrogens is 190 g/mol. The lowest BCUT2D eigenvalue weighted by molar-refractivity contribution is 0.0642. The predicted molar refractivity (Wildman–Crippen MR) is 55.4 cm³/mol. The first-order chi connectivity index (χ1) is 7.34. The molecule has 0 aromatic carbocycles. The van der Waals surface area contributed by atoms with Gasteiger partial charge in [-0.2, -0.15) is 5.10 Å². The molecule has 1 N–H and O–H groups in total. The Labute approximate surface area is 89.3 Å². The highest BCUT2D eigenvalue weighted by atomic mass is 16.3. The summed E-state index contributed by atoms with van der Waals surface area (Å²) in [5.41, 5.74) is 0. The van der Waals surface area contributed by atoms with Crippen molar-refractivity contribution in [1.82, 2.24) is 14.8 Å². The molecule has 0 radical (unpaired) electrons. The fourth-order valence-electron chi connectivity index (χ4n) is 2.71. The fourth-order valence-corrected chi connectivity index (χ4v) is 2.71. The van der Waals surface area contributed by atoms with Gasteiger partial charge in [0.1, 0.15) is 12.1 Å². The molecule has 1 aliphatic heterocycles. The molecule has 1 atom stereocenters. The van der Waals surface area contributed by atoms with E-state index in [1.54, 1.807) is 4.68 Å². The highest BCUT2D eigenvalue weighted by Crippen LogP contribution is 2.33. The molecule has 1 unspecified atom stereocenters. The van der Waals surface area contributed by atoms with Gasteiger partial charge in [0.2, 0.25) is 0 Å². The van der Waals surface area contributed by atoms with Gasteiger partial charge in [-0.15, -0.1) is 0 Å². The lowest BCUT2D eigenvalue weighted by atomic mass is 10.1.